The summed E-state index contributed by atoms with van der Waals surface area (Å²) >= 11 is 0. The van der Waals surface area contributed by atoms with Crippen LogP contribution in [0.3, 0.4) is 0 Å². The van der Waals surface area contributed by atoms with Crippen molar-refractivity contribution in [3.05, 3.63) is 35.9 Å². The third kappa shape index (κ3) is 3.43. The fourth-order valence-electron chi connectivity index (χ4n) is 1.40. The predicted molar refractivity (Wildman–Crippen MR) is 62.4 cm³/mol. The third-order valence-corrected chi connectivity index (χ3v) is 2.77. The van der Waals surface area contributed by atoms with Crippen LogP contribution in [0.25, 0.3) is 0 Å². The molecule has 1 rings (SSSR count). The van der Waals surface area contributed by atoms with Crippen LogP contribution in [0.5, 0.6) is 0 Å². The zero-order chi connectivity index (χ0) is 12.0. The number of Topliss-reactive ketones (excluding diaryl/α,β-unsaturated/α-hetero) is 1. The highest BCUT2D eigenvalue weighted by Crippen LogP contribution is 2.18. The average Bonchev–Trinajstić information content (AvgIpc) is 2.36. The Hall–Kier alpha value is -1.19. The topological polar surface area (TPSA) is 35.5 Å². The number of hydrogen-bond acceptors (Lipinski definition) is 3. The number of hydrogen-bond donors (Lipinski definition) is 0. The minimum absolute atomic E-state index is 0.112. The van der Waals surface area contributed by atoms with Gasteiger partial charge >= 0.3 is 0 Å². The van der Waals surface area contributed by atoms with Gasteiger partial charge in [-0.1, -0.05) is 30.3 Å². The van der Waals surface area contributed by atoms with E-state index < -0.39 is 5.79 Å². The number of methoxy groups -OCH3 is 2. The van der Waals surface area contributed by atoms with Crippen LogP contribution in [0, 0.1) is 0 Å². The van der Waals surface area contributed by atoms with Crippen molar-refractivity contribution >= 4 is 5.78 Å². The predicted octanol–water partition coefficient (Wildman–Crippen LogP) is 2.66. The van der Waals surface area contributed by atoms with Gasteiger partial charge in [0.25, 0.3) is 0 Å². The summed E-state index contributed by atoms with van der Waals surface area (Å²) in [5.41, 5.74) is 0.733. The van der Waals surface area contributed by atoms with Crippen LogP contribution < -0.4 is 0 Å². The van der Waals surface area contributed by atoms with E-state index in [1.807, 2.05) is 37.3 Å². The van der Waals surface area contributed by atoms with Crippen LogP contribution in [0.1, 0.15) is 30.1 Å². The molecule has 88 valence electrons. The summed E-state index contributed by atoms with van der Waals surface area (Å²) in [6, 6.07) is 9.25. The molecule has 0 fully saturated rings. The van der Waals surface area contributed by atoms with E-state index in [0.717, 1.165) is 5.56 Å². The van der Waals surface area contributed by atoms with Crippen molar-refractivity contribution in [2.24, 2.45) is 0 Å². The molecule has 0 aliphatic heterocycles. The van der Waals surface area contributed by atoms with Crippen LogP contribution in [-0.4, -0.2) is 25.8 Å². The highest BCUT2D eigenvalue weighted by molar-refractivity contribution is 5.95. The van der Waals surface area contributed by atoms with Gasteiger partial charge in [-0.3, -0.25) is 4.79 Å². The fourth-order valence-corrected chi connectivity index (χ4v) is 1.40. The molecular formula is C13H18O3. The Labute approximate surface area is 96.4 Å². The molecular weight excluding hydrogens is 204 g/mol. The van der Waals surface area contributed by atoms with Gasteiger partial charge in [0.15, 0.2) is 11.6 Å². The maximum atomic E-state index is 11.8. The molecule has 0 amide bonds. The first kappa shape index (κ1) is 12.9. The van der Waals surface area contributed by atoms with Gasteiger partial charge < -0.3 is 9.47 Å². The Morgan fingerprint density at radius 2 is 1.75 bits per heavy atom. The lowest BCUT2D eigenvalue weighted by atomic mass is 10.0. The van der Waals surface area contributed by atoms with Crippen LogP contribution in [0.4, 0.5) is 0 Å². The normalized spacial score (nSPS) is 11.4. The fraction of sp³-hybridized carbons (Fsp3) is 0.462. The van der Waals surface area contributed by atoms with Crippen molar-refractivity contribution in [2.45, 2.75) is 25.6 Å². The van der Waals surface area contributed by atoms with Gasteiger partial charge in [0, 0.05) is 32.6 Å². The van der Waals surface area contributed by atoms with Crippen LogP contribution in [-0.2, 0) is 9.47 Å². The van der Waals surface area contributed by atoms with E-state index in [2.05, 4.69) is 0 Å². The molecule has 0 bridgehead atoms. The van der Waals surface area contributed by atoms with Gasteiger partial charge in [-0.15, -0.1) is 0 Å². The van der Waals surface area contributed by atoms with Crippen molar-refractivity contribution < 1.29 is 14.3 Å². The molecule has 0 radical (unpaired) electrons. The molecule has 0 spiro atoms. The molecule has 0 heterocycles. The van der Waals surface area contributed by atoms with E-state index in [1.54, 1.807) is 14.2 Å². The molecule has 1 aromatic rings. The van der Waals surface area contributed by atoms with Gasteiger partial charge in [-0.05, 0) is 6.92 Å². The molecule has 0 atom stereocenters. The summed E-state index contributed by atoms with van der Waals surface area (Å²) in [5, 5.41) is 0. The van der Waals surface area contributed by atoms with Crippen molar-refractivity contribution in [2.75, 3.05) is 14.2 Å². The summed E-state index contributed by atoms with van der Waals surface area (Å²) in [4.78, 5) is 11.8. The minimum Gasteiger partial charge on any atom is -0.353 e. The number of ketones is 1. The van der Waals surface area contributed by atoms with E-state index in [-0.39, 0.29) is 5.78 Å². The zero-order valence-corrected chi connectivity index (χ0v) is 10.0. The Morgan fingerprint density at radius 3 is 2.25 bits per heavy atom. The molecule has 0 saturated carbocycles. The molecule has 16 heavy (non-hydrogen) atoms. The molecule has 0 unspecified atom stereocenters. The van der Waals surface area contributed by atoms with Crippen molar-refractivity contribution in [3.63, 3.8) is 0 Å². The third-order valence-electron chi connectivity index (χ3n) is 2.77. The Morgan fingerprint density at radius 1 is 1.19 bits per heavy atom. The smallest absolute Gasteiger partial charge is 0.165 e. The SMILES string of the molecule is COC(C)(CCC(=O)c1ccccc1)OC. The van der Waals surface area contributed by atoms with E-state index in [4.69, 9.17) is 9.47 Å². The number of carbonyl (C=O) groups is 1. The molecule has 0 aromatic heterocycles. The lowest BCUT2D eigenvalue weighted by molar-refractivity contribution is -0.196. The number of benzene rings is 1. The second kappa shape index (κ2) is 5.77. The highest BCUT2D eigenvalue weighted by Gasteiger charge is 2.23. The summed E-state index contributed by atoms with van der Waals surface area (Å²) in [7, 11) is 3.16. The van der Waals surface area contributed by atoms with E-state index >= 15 is 0 Å². The lowest BCUT2D eigenvalue weighted by Gasteiger charge is -2.25. The number of carbonyl (C=O) groups excluding carboxylic acids is 1. The summed E-state index contributed by atoms with van der Waals surface area (Å²) in [6.07, 6.45) is 0.968. The maximum Gasteiger partial charge on any atom is 0.165 e. The summed E-state index contributed by atoms with van der Waals surface area (Å²) in [6.45, 7) is 1.82. The molecule has 0 aliphatic carbocycles. The number of ether oxygens (including phenoxy) is 2. The first-order chi connectivity index (χ1) is 7.61. The number of rotatable bonds is 6. The molecule has 3 heteroatoms. The van der Waals surface area contributed by atoms with Crippen LogP contribution >= 0.6 is 0 Å². The molecule has 0 saturated heterocycles. The monoisotopic (exact) mass is 222 g/mol. The largest absolute Gasteiger partial charge is 0.353 e. The second-order valence-corrected chi connectivity index (χ2v) is 3.83. The Bertz CT molecular complexity index is 328. The Balaban J connectivity index is 2.54. The first-order valence-corrected chi connectivity index (χ1v) is 5.30. The summed E-state index contributed by atoms with van der Waals surface area (Å²) < 4.78 is 10.4. The average molecular weight is 222 g/mol. The highest BCUT2D eigenvalue weighted by atomic mass is 16.7. The van der Waals surface area contributed by atoms with Crippen molar-refractivity contribution in [1.29, 1.82) is 0 Å². The Kier molecular flexibility index (Phi) is 4.65. The zero-order valence-electron chi connectivity index (χ0n) is 10.0. The van der Waals surface area contributed by atoms with Gasteiger partial charge in [0.05, 0.1) is 0 Å². The standard InChI is InChI=1S/C13H18O3/c1-13(15-2,16-3)10-9-12(14)11-7-5-4-6-8-11/h4-8H,9-10H2,1-3H3. The van der Waals surface area contributed by atoms with Gasteiger partial charge in [0.1, 0.15) is 0 Å². The van der Waals surface area contributed by atoms with Crippen molar-refractivity contribution in [3.8, 4) is 0 Å². The van der Waals surface area contributed by atoms with E-state index in [0.29, 0.717) is 12.8 Å². The van der Waals surface area contributed by atoms with Gasteiger partial charge in [0.2, 0.25) is 0 Å². The minimum atomic E-state index is -0.676. The molecule has 0 N–H and O–H groups in total. The lowest BCUT2D eigenvalue weighted by Crippen LogP contribution is -2.30. The molecule has 1 aromatic carbocycles. The second-order valence-electron chi connectivity index (χ2n) is 3.83. The summed E-state index contributed by atoms with van der Waals surface area (Å²) in [5.74, 6) is -0.564. The van der Waals surface area contributed by atoms with Crippen LogP contribution in [0.15, 0.2) is 30.3 Å². The van der Waals surface area contributed by atoms with E-state index in [1.165, 1.54) is 0 Å². The first-order valence-electron chi connectivity index (χ1n) is 5.30. The molecule has 3 nitrogen and oxygen atoms in total. The van der Waals surface area contributed by atoms with E-state index in [9.17, 15) is 4.79 Å². The quantitative estimate of drug-likeness (QED) is 0.548. The molecule has 0 aliphatic rings. The van der Waals surface area contributed by atoms with Gasteiger partial charge in [-0.2, -0.15) is 0 Å². The van der Waals surface area contributed by atoms with Crippen molar-refractivity contribution in [1.82, 2.24) is 0 Å². The maximum absolute atomic E-state index is 11.8. The van der Waals surface area contributed by atoms with Crippen LogP contribution in [0.2, 0.25) is 0 Å². The van der Waals surface area contributed by atoms with Gasteiger partial charge in [-0.25, -0.2) is 0 Å².